The second-order valence-electron chi connectivity index (χ2n) is 4.10. The average Bonchev–Trinajstić information content (AvgIpc) is 3.02. The Labute approximate surface area is 87.4 Å². The molecule has 1 N–H and O–H groups in total. The smallest absolute Gasteiger partial charge is 0.323 e. The van der Waals surface area contributed by atoms with Crippen LogP contribution in [0, 0.1) is 5.41 Å². The fraction of sp³-hybridized carbons (Fsp3) is 0.800. The fourth-order valence-corrected chi connectivity index (χ4v) is 1.68. The molecule has 1 aliphatic heterocycles. The molecule has 2 aliphatic rings. The number of esters is 1. The summed E-state index contributed by atoms with van der Waals surface area (Å²) < 4.78 is 10.2. The number of hydrogen-bond donors (Lipinski definition) is 1. The van der Waals surface area contributed by atoms with Gasteiger partial charge in [-0.3, -0.25) is 9.59 Å². The first-order valence-corrected chi connectivity index (χ1v) is 5.17. The molecule has 1 heterocycles. The lowest BCUT2D eigenvalue weighted by molar-refractivity contribution is -0.176. The third-order valence-corrected chi connectivity index (χ3v) is 2.94. The van der Waals surface area contributed by atoms with Crippen LogP contribution in [-0.4, -0.2) is 36.4 Å². The summed E-state index contributed by atoms with van der Waals surface area (Å²) >= 11 is 0. The molecular weight excluding hydrogens is 200 g/mol. The second kappa shape index (κ2) is 3.81. The lowest BCUT2D eigenvalue weighted by Crippen LogP contribution is -2.45. The third kappa shape index (κ3) is 1.97. The van der Waals surface area contributed by atoms with Crippen LogP contribution in [0.1, 0.15) is 25.7 Å². The Bertz CT molecular complexity index is 276. The summed E-state index contributed by atoms with van der Waals surface area (Å²) in [5.41, 5.74) is -1.36. The van der Waals surface area contributed by atoms with Crippen molar-refractivity contribution in [2.45, 2.75) is 31.8 Å². The molecule has 1 saturated heterocycles. The molecule has 0 bridgehead atoms. The molecule has 2 rings (SSSR count). The number of carbonyl (C=O) groups is 2. The molecule has 84 valence electrons. The highest BCUT2D eigenvalue weighted by atomic mass is 16.6. The van der Waals surface area contributed by atoms with Crippen LogP contribution < -0.4 is 0 Å². The van der Waals surface area contributed by atoms with Crippen molar-refractivity contribution in [2.75, 3.05) is 13.2 Å². The van der Waals surface area contributed by atoms with E-state index in [0.717, 1.165) is 12.8 Å². The van der Waals surface area contributed by atoms with Crippen LogP contribution in [0.15, 0.2) is 0 Å². The van der Waals surface area contributed by atoms with Gasteiger partial charge in [-0.25, -0.2) is 0 Å². The summed E-state index contributed by atoms with van der Waals surface area (Å²) in [7, 11) is 0. The van der Waals surface area contributed by atoms with E-state index in [-0.39, 0.29) is 18.9 Å². The molecule has 0 aromatic carbocycles. The molecule has 0 radical (unpaired) electrons. The van der Waals surface area contributed by atoms with Crippen LogP contribution in [-0.2, 0) is 19.1 Å². The van der Waals surface area contributed by atoms with Crippen molar-refractivity contribution < 1.29 is 24.2 Å². The lowest BCUT2D eigenvalue weighted by Gasteiger charge is -2.30. The molecule has 15 heavy (non-hydrogen) atoms. The van der Waals surface area contributed by atoms with Gasteiger partial charge in [0, 0.05) is 13.2 Å². The summed E-state index contributed by atoms with van der Waals surface area (Å²) in [6, 6.07) is 0. The maximum absolute atomic E-state index is 11.8. The Morgan fingerprint density at radius 2 is 1.87 bits per heavy atom. The van der Waals surface area contributed by atoms with Crippen molar-refractivity contribution in [2.24, 2.45) is 5.41 Å². The molecule has 0 amide bonds. The van der Waals surface area contributed by atoms with E-state index in [0.29, 0.717) is 13.2 Å². The lowest BCUT2D eigenvalue weighted by atomic mass is 9.80. The van der Waals surface area contributed by atoms with Crippen molar-refractivity contribution in [1.29, 1.82) is 0 Å². The van der Waals surface area contributed by atoms with E-state index in [1.54, 1.807) is 0 Å². The number of carboxylic acid groups (broad SMARTS) is 1. The van der Waals surface area contributed by atoms with Gasteiger partial charge >= 0.3 is 11.9 Å². The minimum Gasteiger partial charge on any atom is -0.480 e. The monoisotopic (exact) mass is 214 g/mol. The normalized spacial score (nSPS) is 24.5. The zero-order chi connectivity index (χ0) is 10.9. The van der Waals surface area contributed by atoms with Crippen LogP contribution in [0.2, 0.25) is 0 Å². The highest BCUT2D eigenvalue weighted by molar-refractivity contribution is 5.99. The molecule has 0 aromatic heterocycles. The van der Waals surface area contributed by atoms with Gasteiger partial charge in [0.05, 0.1) is 0 Å². The maximum atomic E-state index is 11.8. The number of ether oxygens (including phenoxy) is 2. The van der Waals surface area contributed by atoms with Gasteiger partial charge in [0.15, 0.2) is 5.41 Å². The molecule has 2 fully saturated rings. The van der Waals surface area contributed by atoms with E-state index < -0.39 is 17.4 Å². The molecule has 5 nitrogen and oxygen atoms in total. The molecule has 0 aromatic rings. The standard InChI is InChI=1S/C10H14O5/c11-8(12)10(3-5-14-6-4-10)9(13)15-7-1-2-7/h7H,1-6H2,(H,11,12). The number of hydrogen-bond acceptors (Lipinski definition) is 4. The van der Waals surface area contributed by atoms with Crippen molar-refractivity contribution in [1.82, 2.24) is 0 Å². The Kier molecular flexibility index (Phi) is 2.65. The van der Waals surface area contributed by atoms with Crippen LogP contribution in [0.25, 0.3) is 0 Å². The third-order valence-electron chi connectivity index (χ3n) is 2.94. The van der Waals surface area contributed by atoms with Gasteiger partial charge in [-0.1, -0.05) is 0 Å². The molecule has 1 saturated carbocycles. The SMILES string of the molecule is O=C(O)C1(C(=O)OC2CC2)CCOCC1. The number of rotatable bonds is 3. The van der Waals surface area contributed by atoms with E-state index in [1.165, 1.54) is 0 Å². The maximum Gasteiger partial charge on any atom is 0.323 e. The quantitative estimate of drug-likeness (QED) is 0.549. The van der Waals surface area contributed by atoms with Crippen molar-refractivity contribution >= 4 is 11.9 Å². The van der Waals surface area contributed by atoms with Gasteiger partial charge < -0.3 is 14.6 Å². The van der Waals surface area contributed by atoms with Gasteiger partial charge in [0.1, 0.15) is 6.10 Å². The van der Waals surface area contributed by atoms with Crippen molar-refractivity contribution in [3.05, 3.63) is 0 Å². The first kappa shape index (κ1) is 10.4. The van der Waals surface area contributed by atoms with Gasteiger partial charge in [-0.2, -0.15) is 0 Å². The number of carbonyl (C=O) groups excluding carboxylic acids is 1. The van der Waals surface area contributed by atoms with E-state index in [1.807, 2.05) is 0 Å². The van der Waals surface area contributed by atoms with E-state index in [4.69, 9.17) is 14.6 Å². The highest BCUT2D eigenvalue weighted by Crippen LogP contribution is 2.35. The van der Waals surface area contributed by atoms with E-state index in [9.17, 15) is 9.59 Å². The second-order valence-corrected chi connectivity index (χ2v) is 4.10. The van der Waals surface area contributed by atoms with Gasteiger partial charge in [0.25, 0.3) is 0 Å². The first-order chi connectivity index (χ1) is 7.15. The Hall–Kier alpha value is -1.10. The van der Waals surface area contributed by atoms with Crippen LogP contribution >= 0.6 is 0 Å². The Balaban J connectivity index is 2.08. The highest BCUT2D eigenvalue weighted by Gasteiger charge is 2.50. The van der Waals surface area contributed by atoms with Crippen LogP contribution in [0.3, 0.4) is 0 Å². The van der Waals surface area contributed by atoms with Gasteiger partial charge in [-0.05, 0) is 25.7 Å². The summed E-state index contributed by atoms with van der Waals surface area (Å²) in [6.45, 7) is 0.623. The summed E-state index contributed by atoms with van der Waals surface area (Å²) in [5, 5.41) is 9.14. The van der Waals surface area contributed by atoms with Crippen LogP contribution in [0.4, 0.5) is 0 Å². The minimum atomic E-state index is -1.36. The largest absolute Gasteiger partial charge is 0.480 e. The fourth-order valence-electron chi connectivity index (χ4n) is 1.68. The number of carboxylic acids is 1. The first-order valence-electron chi connectivity index (χ1n) is 5.17. The molecule has 0 atom stereocenters. The predicted octanol–water partition coefficient (Wildman–Crippen LogP) is 0.573. The zero-order valence-corrected chi connectivity index (χ0v) is 8.40. The van der Waals surface area contributed by atoms with E-state index >= 15 is 0 Å². The number of aliphatic carboxylic acids is 1. The minimum absolute atomic E-state index is 0.0448. The molecule has 5 heteroatoms. The van der Waals surface area contributed by atoms with E-state index in [2.05, 4.69) is 0 Å². The van der Waals surface area contributed by atoms with Crippen LogP contribution in [0.5, 0.6) is 0 Å². The summed E-state index contributed by atoms with van der Waals surface area (Å²) in [5.74, 6) is -1.67. The molecule has 0 unspecified atom stereocenters. The average molecular weight is 214 g/mol. The Morgan fingerprint density at radius 3 is 2.33 bits per heavy atom. The zero-order valence-electron chi connectivity index (χ0n) is 8.40. The Morgan fingerprint density at radius 1 is 1.27 bits per heavy atom. The van der Waals surface area contributed by atoms with Gasteiger partial charge in [-0.15, -0.1) is 0 Å². The predicted molar refractivity (Wildman–Crippen MR) is 49.2 cm³/mol. The van der Waals surface area contributed by atoms with Gasteiger partial charge in [0.2, 0.25) is 0 Å². The summed E-state index contributed by atoms with van der Waals surface area (Å²) in [4.78, 5) is 22.9. The topological polar surface area (TPSA) is 72.8 Å². The molecular formula is C10H14O5. The summed E-state index contributed by atoms with van der Waals surface area (Å²) in [6.07, 6.45) is 2.11. The molecule has 1 aliphatic carbocycles. The van der Waals surface area contributed by atoms with Crippen molar-refractivity contribution in [3.8, 4) is 0 Å². The molecule has 0 spiro atoms. The van der Waals surface area contributed by atoms with Crippen molar-refractivity contribution in [3.63, 3.8) is 0 Å².